The third kappa shape index (κ3) is 2.95. The molecule has 0 aliphatic carbocycles. The quantitative estimate of drug-likeness (QED) is 0.693. The van der Waals surface area contributed by atoms with Gasteiger partial charge in [0.15, 0.2) is 5.78 Å². The van der Waals surface area contributed by atoms with E-state index in [1.807, 2.05) is 0 Å². The standard InChI is InChI=1S/C21H21NO4/c1-25-15-6-4-14(5-7-15)21(24)17-13-26-19-9-8-18(23)16(20(17)19)12-22-10-2-3-11-22/h4-9,13,23H,2-3,10-12H2,1H3/p+1. The molecule has 0 spiro atoms. The smallest absolute Gasteiger partial charge is 0.196 e. The van der Waals surface area contributed by atoms with Crippen molar-refractivity contribution in [2.75, 3.05) is 20.2 Å². The van der Waals surface area contributed by atoms with E-state index in [9.17, 15) is 9.90 Å². The molecule has 4 rings (SSSR count). The molecular formula is C21H22NO4+. The molecule has 0 atom stereocenters. The van der Waals surface area contributed by atoms with Gasteiger partial charge in [0.25, 0.3) is 0 Å². The molecule has 5 nitrogen and oxygen atoms in total. The molecular weight excluding hydrogens is 330 g/mol. The van der Waals surface area contributed by atoms with Crippen molar-refractivity contribution >= 4 is 16.8 Å². The normalized spacial score (nSPS) is 14.8. The number of rotatable bonds is 5. The molecule has 5 heteroatoms. The highest BCUT2D eigenvalue weighted by atomic mass is 16.5. The number of likely N-dealkylation sites (tertiary alicyclic amines) is 1. The van der Waals surface area contributed by atoms with E-state index >= 15 is 0 Å². The van der Waals surface area contributed by atoms with E-state index in [0.717, 1.165) is 24.0 Å². The van der Waals surface area contributed by atoms with Crippen LogP contribution in [0, 0.1) is 0 Å². The molecule has 26 heavy (non-hydrogen) atoms. The van der Waals surface area contributed by atoms with Crippen molar-refractivity contribution in [1.82, 2.24) is 0 Å². The molecule has 1 aliphatic heterocycles. The largest absolute Gasteiger partial charge is 0.507 e. The number of methoxy groups -OCH3 is 1. The molecule has 0 amide bonds. The number of hydrogen-bond donors (Lipinski definition) is 2. The summed E-state index contributed by atoms with van der Waals surface area (Å²) in [6.45, 7) is 2.89. The first kappa shape index (κ1) is 16.7. The first-order valence-electron chi connectivity index (χ1n) is 8.91. The number of carbonyl (C=O) groups is 1. The summed E-state index contributed by atoms with van der Waals surface area (Å²) in [5.74, 6) is 0.811. The number of nitrogens with one attached hydrogen (secondary N) is 1. The zero-order valence-corrected chi connectivity index (χ0v) is 14.7. The number of carbonyl (C=O) groups excluding carboxylic acids is 1. The second-order valence-corrected chi connectivity index (χ2v) is 6.78. The van der Waals surface area contributed by atoms with Crippen LogP contribution < -0.4 is 9.64 Å². The Labute approximate surface area is 151 Å². The number of ether oxygens (including phenoxy) is 1. The Morgan fingerprint density at radius 1 is 1.15 bits per heavy atom. The fourth-order valence-corrected chi connectivity index (χ4v) is 3.74. The van der Waals surface area contributed by atoms with Crippen LogP contribution in [0.5, 0.6) is 11.5 Å². The van der Waals surface area contributed by atoms with Gasteiger partial charge in [-0.3, -0.25) is 4.79 Å². The van der Waals surface area contributed by atoms with Crippen LogP contribution in [0.4, 0.5) is 0 Å². The number of benzene rings is 2. The van der Waals surface area contributed by atoms with E-state index < -0.39 is 0 Å². The molecule has 134 valence electrons. The van der Waals surface area contributed by atoms with Gasteiger partial charge in [-0.05, 0) is 36.4 Å². The molecule has 0 bridgehead atoms. The van der Waals surface area contributed by atoms with Crippen molar-refractivity contribution < 1.29 is 24.0 Å². The molecule has 3 aromatic rings. The van der Waals surface area contributed by atoms with Crippen LogP contribution in [0.3, 0.4) is 0 Å². The lowest BCUT2D eigenvalue weighted by Gasteiger charge is -2.14. The highest BCUT2D eigenvalue weighted by molar-refractivity contribution is 6.16. The first-order valence-corrected chi connectivity index (χ1v) is 8.91. The molecule has 1 fully saturated rings. The molecule has 2 heterocycles. The van der Waals surface area contributed by atoms with Crippen LogP contribution in [0.25, 0.3) is 11.0 Å². The second-order valence-electron chi connectivity index (χ2n) is 6.78. The van der Waals surface area contributed by atoms with Gasteiger partial charge in [0.05, 0.1) is 31.3 Å². The Balaban J connectivity index is 1.76. The number of fused-ring (bicyclic) bond motifs is 1. The predicted molar refractivity (Wildman–Crippen MR) is 97.9 cm³/mol. The number of furan rings is 1. The maximum Gasteiger partial charge on any atom is 0.196 e. The van der Waals surface area contributed by atoms with Crippen molar-refractivity contribution in [2.24, 2.45) is 0 Å². The molecule has 2 N–H and O–H groups in total. The summed E-state index contributed by atoms with van der Waals surface area (Å²) in [4.78, 5) is 14.5. The number of phenols is 1. The van der Waals surface area contributed by atoms with E-state index in [-0.39, 0.29) is 11.5 Å². The summed E-state index contributed by atoms with van der Waals surface area (Å²) in [5, 5.41) is 11.2. The zero-order chi connectivity index (χ0) is 18.1. The number of hydrogen-bond acceptors (Lipinski definition) is 4. The fourth-order valence-electron chi connectivity index (χ4n) is 3.74. The number of phenolic OH excluding ortho intramolecular Hbond substituents is 1. The van der Waals surface area contributed by atoms with E-state index in [2.05, 4.69) is 0 Å². The highest BCUT2D eigenvalue weighted by Crippen LogP contribution is 2.32. The van der Waals surface area contributed by atoms with Gasteiger partial charge in [-0.2, -0.15) is 0 Å². The minimum atomic E-state index is -0.116. The van der Waals surface area contributed by atoms with Gasteiger partial charge in [-0.25, -0.2) is 0 Å². The fraction of sp³-hybridized carbons (Fsp3) is 0.286. The summed E-state index contributed by atoms with van der Waals surface area (Å²) >= 11 is 0. The van der Waals surface area contributed by atoms with Crippen molar-refractivity contribution in [1.29, 1.82) is 0 Å². The van der Waals surface area contributed by atoms with Crippen LogP contribution in [0.1, 0.15) is 34.3 Å². The summed E-state index contributed by atoms with van der Waals surface area (Å²) in [7, 11) is 1.59. The number of ketones is 1. The summed E-state index contributed by atoms with van der Waals surface area (Å²) in [6, 6.07) is 10.4. The van der Waals surface area contributed by atoms with Crippen molar-refractivity contribution in [3.8, 4) is 11.5 Å². The van der Waals surface area contributed by atoms with Gasteiger partial charge in [0.2, 0.25) is 0 Å². The average Bonchev–Trinajstić information content (AvgIpc) is 3.33. The predicted octanol–water partition coefficient (Wildman–Crippen LogP) is 2.56. The molecule has 0 radical (unpaired) electrons. The van der Waals surface area contributed by atoms with E-state index in [0.29, 0.717) is 29.0 Å². The van der Waals surface area contributed by atoms with Gasteiger partial charge in [0.1, 0.15) is 29.9 Å². The van der Waals surface area contributed by atoms with Crippen LogP contribution >= 0.6 is 0 Å². The Morgan fingerprint density at radius 2 is 1.88 bits per heavy atom. The van der Waals surface area contributed by atoms with Crippen LogP contribution in [0.15, 0.2) is 47.1 Å². The van der Waals surface area contributed by atoms with Crippen molar-refractivity contribution in [3.05, 3.63) is 59.4 Å². The van der Waals surface area contributed by atoms with Crippen LogP contribution in [-0.2, 0) is 6.54 Å². The minimum absolute atomic E-state index is 0.116. The lowest BCUT2D eigenvalue weighted by molar-refractivity contribution is -0.901. The lowest BCUT2D eigenvalue weighted by Crippen LogP contribution is -3.08. The van der Waals surface area contributed by atoms with Gasteiger partial charge < -0.3 is 19.2 Å². The van der Waals surface area contributed by atoms with Gasteiger partial charge in [-0.1, -0.05) is 0 Å². The summed E-state index contributed by atoms with van der Waals surface area (Å²) in [5.41, 5.74) is 2.49. The maximum absolute atomic E-state index is 13.0. The topological polar surface area (TPSA) is 64.1 Å². The maximum atomic E-state index is 13.0. The highest BCUT2D eigenvalue weighted by Gasteiger charge is 2.24. The zero-order valence-electron chi connectivity index (χ0n) is 14.7. The van der Waals surface area contributed by atoms with E-state index in [1.54, 1.807) is 43.5 Å². The minimum Gasteiger partial charge on any atom is -0.507 e. The first-order chi connectivity index (χ1) is 12.7. The van der Waals surface area contributed by atoms with Crippen molar-refractivity contribution in [2.45, 2.75) is 19.4 Å². The summed E-state index contributed by atoms with van der Waals surface area (Å²) in [6.07, 6.45) is 3.91. The number of quaternary nitrogens is 1. The Morgan fingerprint density at radius 3 is 2.58 bits per heavy atom. The molecule has 1 aromatic heterocycles. The van der Waals surface area contributed by atoms with Crippen LogP contribution in [-0.4, -0.2) is 31.1 Å². The molecule has 1 aliphatic rings. The Hall–Kier alpha value is -2.79. The van der Waals surface area contributed by atoms with Crippen LogP contribution in [0.2, 0.25) is 0 Å². The molecule has 0 unspecified atom stereocenters. The monoisotopic (exact) mass is 352 g/mol. The van der Waals surface area contributed by atoms with Gasteiger partial charge >= 0.3 is 0 Å². The van der Waals surface area contributed by atoms with Gasteiger partial charge in [0, 0.05) is 23.8 Å². The van der Waals surface area contributed by atoms with Crippen molar-refractivity contribution in [3.63, 3.8) is 0 Å². The van der Waals surface area contributed by atoms with E-state index in [4.69, 9.17) is 9.15 Å². The number of aromatic hydroxyl groups is 1. The average molecular weight is 352 g/mol. The van der Waals surface area contributed by atoms with E-state index in [1.165, 1.54) is 24.0 Å². The third-order valence-electron chi connectivity index (χ3n) is 5.16. The molecule has 0 saturated carbocycles. The molecule has 1 saturated heterocycles. The van der Waals surface area contributed by atoms with Gasteiger partial charge in [-0.15, -0.1) is 0 Å². The lowest BCUT2D eigenvalue weighted by atomic mass is 9.98. The summed E-state index contributed by atoms with van der Waals surface area (Å²) < 4.78 is 10.8. The third-order valence-corrected chi connectivity index (χ3v) is 5.16. The SMILES string of the molecule is COc1ccc(C(=O)c2coc3ccc(O)c(C[NH+]4CCCC4)c23)cc1. The Bertz CT molecular complexity index is 937. The molecule has 2 aromatic carbocycles. The second kappa shape index (κ2) is 6.84. The Kier molecular flexibility index (Phi) is 4.39.